The van der Waals surface area contributed by atoms with Crippen molar-refractivity contribution in [3.63, 3.8) is 0 Å². The van der Waals surface area contributed by atoms with E-state index < -0.39 is 5.97 Å². The monoisotopic (exact) mass is 274 g/mol. The number of carbonyl (C=O) groups is 1. The smallest absolute Gasteiger partial charge is 0.353 e. The van der Waals surface area contributed by atoms with Crippen molar-refractivity contribution in [2.24, 2.45) is 0 Å². The van der Waals surface area contributed by atoms with Gasteiger partial charge in [-0.25, -0.2) is 4.79 Å². The third kappa shape index (κ3) is 2.65. The maximum atomic E-state index is 10.8. The number of ether oxygens (including phenoxy) is 2. The fourth-order valence-electron chi connectivity index (χ4n) is 2.08. The minimum Gasteiger partial charge on any atom is -0.488 e. The van der Waals surface area contributed by atoms with Crippen LogP contribution in [0, 0.1) is 0 Å². The summed E-state index contributed by atoms with van der Waals surface area (Å²) in [7, 11) is 0. The third-order valence-corrected chi connectivity index (χ3v) is 3.15. The highest BCUT2D eigenvalue weighted by atomic mass is 16.5. The van der Waals surface area contributed by atoms with Crippen LogP contribution in [0.5, 0.6) is 5.75 Å². The fraction of sp³-hybridized carbons (Fsp3) is 0.286. The highest BCUT2D eigenvalue weighted by molar-refractivity contribution is 5.86. The lowest BCUT2D eigenvalue weighted by molar-refractivity contribution is 0.0690. The van der Waals surface area contributed by atoms with Gasteiger partial charge in [-0.3, -0.25) is 5.10 Å². The van der Waals surface area contributed by atoms with Gasteiger partial charge in [-0.05, 0) is 30.3 Å². The molecule has 0 aliphatic carbocycles. The maximum Gasteiger partial charge on any atom is 0.353 e. The van der Waals surface area contributed by atoms with Crippen molar-refractivity contribution in [1.82, 2.24) is 10.2 Å². The third-order valence-electron chi connectivity index (χ3n) is 3.15. The summed E-state index contributed by atoms with van der Waals surface area (Å²) >= 11 is 0. The van der Waals surface area contributed by atoms with Crippen molar-refractivity contribution in [3.8, 4) is 17.0 Å². The number of benzene rings is 1. The van der Waals surface area contributed by atoms with Gasteiger partial charge in [-0.15, -0.1) is 0 Å². The lowest BCUT2D eigenvalue weighted by atomic mass is 10.1. The Labute approximate surface area is 115 Å². The molecule has 2 aromatic rings. The van der Waals surface area contributed by atoms with Crippen LogP contribution in [-0.4, -0.2) is 40.6 Å². The molecule has 104 valence electrons. The second-order valence-corrected chi connectivity index (χ2v) is 4.60. The molecule has 1 saturated heterocycles. The highest BCUT2D eigenvalue weighted by Crippen LogP contribution is 2.23. The minimum absolute atomic E-state index is 0.0726. The summed E-state index contributed by atoms with van der Waals surface area (Å²) in [5, 5.41) is 15.3. The average Bonchev–Trinajstić information content (AvgIpc) is 3.10. The molecule has 0 bridgehead atoms. The number of carboxylic acid groups (broad SMARTS) is 1. The number of rotatable bonds is 4. The Balaban J connectivity index is 1.72. The largest absolute Gasteiger partial charge is 0.488 e. The van der Waals surface area contributed by atoms with E-state index in [9.17, 15) is 4.79 Å². The van der Waals surface area contributed by atoms with Gasteiger partial charge in [0, 0.05) is 12.0 Å². The summed E-state index contributed by atoms with van der Waals surface area (Å²) in [6.45, 7) is 1.37. The Kier molecular flexibility index (Phi) is 3.39. The van der Waals surface area contributed by atoms with Crippen LogP contribution in [0.25, 0.3) is 11.3 Å². The topological polar surface area (TPSA) is 84.4 Å². The minimum atomic E-state index is -1.02. The van der Waals surface area contributed by atoms with E-state index in [2.05, 4.69) is 10.2 Å². The van der Waals surface area contributed by atoms with Crippen molar-refractivity contribution in [2.45, 2.75) is 12.5 Å². The molecule has 0 radical (unpaired) electrons. The van der Waals surface area contributed by atoms with Crippen molar-refractivity contribution in [3.05, 3.63) is 36.0 Å². The Hall–Kier alpha value is -2.34. The molecule has 6 nitrogen and oxygen atoms in total. The summed E-state index contributed by atoms with van der Waals surface area (Å²) in [4.78, 5) is 10.8. The Bertz CT molecular complexity index is 600. The van der Waals surface area contributed by atoms with Crippen molar-refractivity contribution in [1.29, 1.82) is 0 Å². The van der Waals surface area contributed by atoms with Crippen molar-refractivity contribution >= 4 is 5.97 Å². The van der Waals surface area contributed by atoms with Crippen LogP contribution in [0.1, 0.15) is 16.9 Å². The van der Waals surface area contributed by atoms with E-state index in [4.69, 9.17) is 14.6 Å². The summed E-state index contributed by atoms with van der Waals surface area (Å²) in [5.74, 6) is -0.247. The predicted octanol–water partition coefficient (Wildman–Crippen LogP) is 1.94. The summed E-state index contributed by atoms with van der Waals surface area (Å²) < 4.78 is 11.0. The zero-order chi connectivity index (χ0) is 13.9. The first kappa shape index (κ1) is 12.7. The van der Waals surface area contributed by atoms with Gasteiger partial charge in [0.25, 0.3) is 0 Å². The first-order valence-corrected chi connectivity index (χ1v) is 6.36. The standard InChI is InChI=1S/C14H14N2O4/c17-14(18)13-7-12(15-16-13)9-1-3-10(4-2-9)20-11-5-6-19-8-11/h1-4,7,11H,5-6,8H2,(H,15,16)(H,17,18). The van der Waals surface area contributed by atoms with E-state index in [1.807, 2.05) is 24.3 Å². The maximum absolute atomic E-state index is 10.8. The molecule has 1 aromatic heterocycles. The lowest BCUT2D eigenvalue weighted by Gasteiger charge is -2.11. The van der Waals surface area contributed by atoms with Crippen LogP contribution in [0.4, 0.5) is 0 Å². The van der Waals surface area contributed by atoms with Gasteiger partial charge < -0.3 is 14.6 Å². The summed E-state index contributed by atoms with van der Waals surface area (Å²) in [6, 6.07) is 8.91. The molecule has 3 rings (SSSR count). The predicted molar refractivity (Wildman–Crippen MR) is 70.8 cm³/mol. The van der Waals surface area contributed by atoms with Gasteiger partial charge >= 0.3 is 5.97 Å². The van der Waals surface area contributed by atoms with Crippen molar-refractivity contribution in [2.75, 3.05) is 13.2 Å². The van der Waals surface area contributed by atoms with E-state index in [1.165, 1.54) is 6.07 Å². The van der Waals surface area contributed by atoms with E-state index >= 15 is 0 Å². The molecule has 1 fully saturated rings. The second-order valence-electron chi connectivity index (χ2n) is 4.60. The van der Waals surface area contributed by atoms with Gasteiger partial charge in [0.1, 0.15) is 17.5 Å². The molecular formula is C14H14N2O4. The number of hydrogen-bond acceptors (Lipinski definition) is 4. The van der Waals surface area contributed by atoms with E-state index in [1.54, 1.807) is 0 Å². The molecule has 0 spiro atoms. The molecule has 2 heterocycles. The number of nitrogens with zero attached hydrogens (tertiary/aromatic N) is 1. The number of H-pyrrole nitrogens is 1. The molecule has 1 unspecified atom stereocenters. The molecule has 20 heavy (non-hydrogen) atoms. The molecule has 0 saturated carbocycles. The van der Waals surface area contributed by atoms with E-state index in [0.29, 0.717) is 12.3 Å². The second kappa shape index (κ2) is 5.34. The molecule has 1 atom stereocenters. The van der Waals surface area contributed by atoms with Crippen LogP contribution in [0.15, 0.2) is 30.3 Å². The van der Waals surface area contributed by atoms with Gasteiger partial charge in [-0.2, -0.15) is 5.10 Å². The molecule has 2 N–H and O–H groups in total. The molecule has 0 amide bonds. The van der Waals surface area contributed by atoms with Gasteiger partial charge in [0.2, 0.25) is 0 Å². The van der Waals surface area contributed by atoms with Crippen LogP contribution in [-0.2, 0) is 4.74 Å². The number of aromatic amines is 1. The summed E-state index contributed by atoms with van der Waals surface area (Å²) in [6.07, 6.45) is 1.02. The Morgan fingerprint density at radius 2 is 2.20 bits per heavy atom. The Morgan fingerprint density at radius 3 is 2.80 bits per heavy atom. The van der Waals surface area contributed by atoms with E-state index in [0.717, 1.165) is 24.3 Å². The number of aromatic carboxylic acids is 1. The molecule has 1 aliphatic rings. The number of aromatic nitrogens is 2. The highest BCUT2D eigenvalue weighted by Gasteiger charge is 2.17. The van der Waals surface area contributed by atoms with Crippen LogP contribution >= 0.6 is 0 Å². The van der Waals surface area contributed by atoms with Crippen LogP contribution in [0.2, 0.25) is 0 Å². The first-order chi connectivity index (χ1) is 9.72. The van der Waals surface area contributed by atoms with Gasteiger partial charge in [0.15, 0.2) is 0 Å². The molecule has 1 aromatic carbocycles. The normalized spacial score (nSPS) is 18.1. The quantitative estimate of drug-likeness (QED) is 0.890. The first-order valence-electron chi connectivity index (χ1n) is 6.36. The zero-order valence-electron chi connectivity index (χ0n) is 10.7. The fourth-order valence-corrected chi connectivity index (χ4v) is 2.08. The number of hydrogen-bond donors (Lipinski definition) is 2. The van der Waals surface area contributed by atoms with Crippen LogP contribution < -0.4 is 4.74 Å². The molecule has 6 heteroatoms. The molecular weight excluding hydrogens is 260 g/mol. The zero-order valence-corrected chi connectivity index (χ0v) is 10.7. The van der Waals surface area contributed by atoms with E-state index in [-0.39, 0.29) is 11.8 Å². The van der Waals surface area contributed by atoms with Crippen LogP contribution in [0.3, 0.4) is 0 Å². The average molecular weight is 274 g/mol. The number of carboxylic acids is 1. The van der Waals surface area contributed by atoms with Crippen molar-refractivity contribution < 1.29 is 19.4 Å². The SMILES string of the molecule is O=C(O)c1cc(-c2ccc(OC3CCOC3)cc2)n[nH]1. The number of nitrogens with one attached hydrogen (secondary N) is 1. The molecule has 1 aliphatic heterocycles. The Morgan fingerprint density at radius 1 is 1.40 bits per heavy atom. The van der Waals surface area contributed by atoms with Gasteiger partial charge in [-0.1, -0.05) is 0 Å². The van der Waals surface area contributed by atoms with Gasteiger partial charge in [0.05, 0.1) is 18.9 Å². The summed E-state index contributed by atoms with van der Waals surface area (Å²) in [5.41, 5.74) is 1.50. The lowest BCUT2D eigenvalue weighted by Crippen LogP contribution is -2.15.